The fourth-order valence-corrected chi connectivity index (χ4v) is 4.16. The second-order valence-corrected chi connectivity index (χ2v) is 7.48. The van der Waals surface area contributed by atoms with Crippen LogP contribution in [0.25, 0.3) is 0 Å². The number of carbonyl (C=O) groups excluding carboxylic acids is 2. The SMILES string of the molecule is O=C(CC1CN[C@H](C(=O)N2CCSC2)C1)NCCCn1ccnc1. The zero-order valence-corrected chi connectivity index (χ0v) is 14.6. The highest BCUT2D eigenvalue weighted by molar-refractivity contribution is 7.99. The first-order valence-corrected chi connectivity index (χ1v) is 9.70. The average Bonchev–Trinajstić information content (AvgIpc) is 3.32. The summed E-state index contributed by atoms with van der Waals surface area (Å²) in [7, 11) is 0. The van der Waals surface area contributed by atoms with Crippen LogP contribution in [0.4, 0.5) is 0 Å². The van der Waals surface area contributed by atoms with Crippen LogP contribution in [-0.4, -0.2) is 63.6 Å². The van der Waals surface area contributed by atoms with Crippen LogP contribution >= 0.6 is 11.8 Å². The van der Waals surface area contributed by atoms with Crippen LogP contribution < -0.4 is 10.6 Å². The van der Waals surface area contributed by atoms with Crippen LogP contribution in [-0.2, 0) is 16.1 Å². The molecule has 132 valence electrons. The maximum Gasteiger partial charge on any atom is 0.240 e. The minimum atomic E-state index is -0.109. The van der Waals surface area contributed by atoms with Gasteiger partial charge in [0.1, 0.15) is 0 Å². The van der Waals surface area contributed by atoms with Gasteiger partial charge in [-0.1, -0.05) is 0 Å². The summed E-state index contributed by atoms with van der Waals surface area (Å²) in [5.74, 6) is 2.37. The zero-order valence-electron chi connectivity index (χ0n) is 13.8. The van der Waals surface area contributed by atoms with E-state index in [0.29, 0.717) is 13.0 Å². The Kier molecular flexibility index (Phi) is 6.14. The maximum absolute atomic E-state index is 12.3. The number of nitrogens with one attached hydrogen (secondary N) is 2. The number of imidazole rings is 1. The molecule has 8 heteroatoms. The van der Waals surface area contributed by atoms with Crippen molar-refractivity contribution in [1.82, 2.24) is 25.1 Å². The summed E-state index contributed by atoms with van der Waals surface area (Å²) >= 11 is 1.80. The largest absolute Gasteiger partial charge is 0.356 e. The third-order valence-electron chi connectivity index (χ3n) is 4.53. The number of aryl methyl sites for hydroxylation is 1. The molecule has 2 aliphatic heterocycles. The topological polar surface area (TPSA) is 79.3 Å². The lowest BCUT2D eigenvalue weighted by atomic mass is 10.0. The van der Waals surface area contributed by atoms with Gasteiger partial charge in [-0.2, -0.15) is 0 Å². The summed E-state index contributed by atoms with van der Waals surface area (Å²) in [6.07, 6.45) is 7.60. The van der Waals surface area contributed by atoms with Gasteiger partial charge in [-0.05, 0) is 25.3 Å². The highest BCUT2D eigenvalue weighted by Crippen LogP contribution is 2.22. The quantitative estimate of drug-likeness (QED) is 0.691. The van der Waals surface area contributed by atoms with Crippen LogP contribution in [0.1, 0.15) is 19.3 Å². The Hall–Kier alpha value is -1.54. The molecule has 3 rings (SSSR count). The fourth-order valence-electron chi connectivity index (χ4n) is 3.20. The molecule has 0 saturated carbocycles. The number of rotatable bonds is 7. The zero-order chi connectivity index (χ0) is 16.8. The first-order valence-electron chi connectivity index (χ1n) is 8.55. The summed E-state index contributed by atoms with van der Waals surface area (Å²) in [5, 5.41) is 6.26. The number of hydrogen-bond donors (Lipinski definition) is 2. The van der Waals surface area contributed by atoms with Crippen molar-refractivity contribution in [2.45, 2.75) is 31.8 Å². The first-order chi connectivity index (χ1) is 11.7. The predicted octanol–water partition coefficient (Wildman–Crippen LogP) is 0.291. The van der Waals surface area contributed by atoms with Gasteiger partial charge in [0.15, 0.2) is 0 Å². The Balaban J connectivity index is 1.31. The lowest BCUT2D eigenvalue weighted by Gasteiger charge is -2.19. The number of thioether (sulfide) groups is 1. The molecule has 0 spiro atoms. The van der Waals surface area contributed by atoms with Crippen molar-refractivity contribution in [3.05, 3.63) is 18.7 Å². The molecular weight excluding hydrogens is 326 g/mol. The number of nitrogens with zero attached hydrogens (tertiary/aromatic N) is 3. The highest BCUT2D eigenvalue weighted by atomic mass is 32.2. The minimum Gasteiger partial charge on any atom is -0.356 e. The first kappa shape index (κ1) is 17.3. The van der Waals surface area contributed by atoms with E-state index in [0.717, 1.165) is 44.1 Å². The highest BCUT2D eigenvalue weighted by Gasteiger charge is 2.33. The molecule has 2 atom stereocenters. The Morgan fingerprint density at radius 1 is 1.42 bits per heavy atom. The molecule has 2 N–H and O–H groups in total. The molecular formula is C16H25N5O2S. The van der Waals surface area contributed by atoms with E-state index < -0.39 is 0 Å². The third-order valence-corrected chi connectivity index (χ3v) is 5.50. The number of carbonyl (C=O) groups is 2. The molecule has 0 radical (unpaired) electrons. The minimum absolute atomic E-state index is 0.0808. The van der Waals surface area contributed by atoms with Crippen molar-refractivity contribution in [3.8, 4) is 0 Å². The summed E-state index contributed by atoms with van der Waals surface area (Å²) in [4.78, 5) is 30.3. The standard InChI is InChI=1S/C16H25N5O2S/c22-15(18-2-1-4-20-5-3-17-11-20)9-13-8-14(19-10-13)16(23)21-6-7-24-12-21/h3,5,11,13-14,19H,1-2,4,6-10,12H2,(H,18,22)/t13?,14-/m0/s1. The maximum atomic E-state index is 12.3. The Bertz CT molecular complexity index is 545. The third kappa shape index (κ3) is 4.73. The summed E-state index contributed by atoms with van der Waals surface area (Å²) in [6, 6.07) is -0.109. The van der Waals surface area contributed by atoms with Crippen LogP contribution in [0.5, 0.6) is 0 Å². The van der Waals surface area contributed by atoms with Crippen molar-refractivity contribution in [2.24, 2.45) is 5.92 Å². The molecule has 1 aromatic heterocycles. The van der Waals surface area contributed by atoms with Gasteiger partial charge in [-0.3, -0.25) is 9.59 Å². The fraction of sp³-hybridized carbons (Fsp3) is 0.688. The molecule has 0 bridgehead atoms. The van der Waals surface area contributed by atoms with Crippen molar-refractivity contribution >= 4 is 23.6 Å². The molecule has 2 saturated heterocycles. The van der Waals surface area contributed by atoms with Gasteiger partial charge in [0.05, 0.1) is 18.2 Å². The van der Waals surface area contributed by atoms with E-state index >= 15 is 0 Å². The van der Waals surface area contributed by atoms with E-state index in [1.807, 2.05) is 15.7 Å². The van der Waals surface area contributed by atoms with Crippen molar-refractivity contribution in [2.75, 3.05) is 31.3 Å². The molecule has 2 fully saturated rings. The van der Waals surface area contributed by atoms with Crippen LogP contribution in [0.3, 0.4) is 0 Å². The molecule has 2 aliphatic rings. The van der Waals surface area contributed by atoms with E-state index in [1.165, 1.54) is 0 Å². The van der Waals surface area contributed by atoms with Crippen LogP contribution in [0, 0.1) is 5.92 Å². The van der Waals surface area contributed by atoms with E-state index in [4.69, 9.17) is 0 Å². The smallest absolute Gasteiger partial charge is 0.240 e. The van der Waals surface area contributed by atoms with Gasteiger partial charge in [-0.15, -0.1) is 11.8 Å². The number of aromatic nitrogens is 2. The van der Waals surface area contributed by atoms with E-state index in [2.05, 4.69) is 15.6 Å². The summed E-state index contributed by atoms with van der Waals surface area (Å²) < 4.78 is 2.00. The number of hydrogen-bond acceptors (Lipinski definition) is 5. The van der Waals surface area contributed by atoms with Crippen LogP contribution in [0.2, 0.25) is 0 Å². The van der Waals surface area contributed by atoms with Gasteiger partial charge in [0.2, 0.25) is 11.8 Å². The lowest BCUT2D eigenvalue weighted by molar-refractivity contribution is -0.131. The van der Waals surface area contributed by atoms with Gasteiger partial charge < -0.3 is 20.1 Å². The van der Waals surface area contributed by atoms with Crippen molar-refractivity contribution in [1.29, 1.82) is 0 Å². The van der Waals surface area contributed by atoms with Crippen molar-refractivity contribution < 1.29 is 9.59 Å². The van der Waals surface area contributed by atoms with Crippen molar-refractivity contribution in [3.63, 3.8) is 0 Å². The van der Waals surface area contributed by atoms with E-state index in [9.17, 15) is 9.59 Å². The number of amides is 2. The Morgan fingerprint density at radius 2 is 2.33 bits per heavy atom. The second kappa shape index (κ2) is 8.53. The van der Waals surface area contributed by atoms with Crippen LogP contribution in [0.15, 0.2) is 18.7 Å². The molecule has 7 nitrogen and oxygen atoms in total. The normalized spacial score (nSPS) is 23.6. The molecule has 1 aromatic rings. The van der Waals surface area contributed by atoms with Gasteiger partial charge in [0.25, 0.3) is 0 Å². The van der Waals surface area contributed by atoms with E-state index in [-0.39, 0.29) is 23.8 Å². The van der Waals surface area contributed by atoms with Gasteiger partial charge >= 0.3 is 0 Å². The molecule has 0 aromatic carbocycles. The molecule has 24 heavy (non-hydrogen) atoms. The second-order valence-electron chi connectivity index (χ2n) is 6.41. The molecule has 3 heterocycles. The Labute approximate surface area is 146 Å². The molecule has 2 amide bonds. The predicted molar refractivity (Wildman–Crippen MR) is 93.4 cm³/mol. The van der Waals surface area contributed by atoms with E-state index in [1.54, 1.807) is 24.3 Å². The van der Waals surface area contributed by atoms with Gasteiger partial charge in [-0.25, -0.2) is 4.98 Å². The monoisotopic (exact) mass is 351 g/mol. The molecule has 1 unspecified atom stereocenters. The lowest BCUT2D eigenvalue weighted by Crippen LogP contribution is -2.42. The summed E-state index contributed by atoms with van der Waals surface area (Å²) in [6.45, 7) is 3.13. The summed E-state index contributed by atoms with van der Waals surface area (Å²) in [5.41, 5.74) is 0. The van der Waals surface area contributed by atoms with Gasteiger partial charge in [0, 0.05) is 44.2 Å². The Morgan fingerprint density at radius 3 is 3.08 bits per heavy atom. The average molecular weight is 351 g/mol. The molecule has 0 aliphatic carbocycles.